The van der Waals surface area contributed by atoms with Crippen LogP contribution in [-0.4, -0.2) is 4.98 Å². The Morgan fingerprint density at radius 3 is 1.62 bits per heavy atom. The van der Waals surface area contributed by atoms with Crippen molar-refractivity contribution in [1.82, 2.24) is 4.98 Å². The van der Waals surface area contributed by atoms with E-state index in [2.05, 4.69) is 155 Å². The maximum absolute atomic E-state index is 5.06. The van der Waals surface area contributed by atoms with Gasteiger partial charge >= 0.3 is 0 Å². The molecule has 0 unspecified atom stereocenters. The van der Waals surface area contributed by atoms with Crippen LogP contribution in [0.15, 0.2) is 127 Å². The molecular weight excluding hydrogens is 542 g/mol. The van der Waals surface area contributed by atoms with Gasteiger partial charge in [0.1, 0.15) is 0 Å². The van der Waals surface area contributed by atoms with Crippen molar-refractivity contribution in [3.8, 4) is 33.4 Å². The van der Waals surface area contributed by atoms with E-state index in [-0.39, 0.29) is 5.41 Å². The summed E-state index contributed by atoms with van der Waals surface area (Å²) in [6, 6.07) is 47.3. The van der Waals surface area contributed by atoms with Crippen molar-refractivity contribution in [3.63, 3.8) is 0 Å². The lowest BCUT2D eigenvalue weighted by Gasteiger charge is -2.37. The van der Waals surface area contributed by atoms with E-state index in [0.717, 1.165) is 11.2 Å². The second kappa shape index (κ2) is 9.36. The highest BCUT2D eigenvalue weighted by Crippen LogP contribution is 2.54. The fourth-order valence-electron chi connectivity index (χ4n) is 8.16. The van der Waals surface area contributed by atoms with Crippen molar-refractivity contribution in [2.24, 2.45) is 0 Å². The van der Waals surface area contributed by atoms with Crippen molar-refractivity contribution < 1.29 is 0 Å². The smallest absolute Gasteiger partial charge is 0.0743 e. The van der Waals surface area contributed by atoms with Crippen LogP contribution >= 0.6 is 0 Å². The average Bonchev–Trinajstić information content (AvgIpc) is 3.06. The molecule has 0 saturated carbocycles. The molecule has 7 aromatic carbocycles. The van der Waals surface area contributed by atoms with Gasteiger partial charge in [-0.3, -0.25) is 4.98 Å². The number of hydrogen-bond acceptors (Lipinski definition) is 1. The van der Waals surface area contributed by atoms with Crippen LogP contribution in [0.2, 0.25) is 0 Å². The molecule has 9 rings (SSSR count). The van der Waals surface area contributed by atoms with E-state index in [1.807, 2.05) is 0 Å². The van der Waals surface area contributed by atoms with Gasteiger partial charge in [-0.25, -0.2) is 0 Å². The molecule has 0 saturated heterocycles. The van der Waals surface area contributed by atoms with Gasteiger partial charge in [-0.1, -0.05) is 129 Å². The molecule has 0 radical (unpaired) electrons. The summed E-state index contributed by atoms with van der Waals surface area (Å²) in [4.78, 5) is 5.06. The van der Waals surface area contributed by atoms with E-state index in [0.29, 0.717) is 0 Å². The normalized spacial score (nSPS) is 13.5. The van der Waals surface area contributed by atoms with Gasteiger partial charge in [0.25, 0.3) is 0 Å². The second-order valence-electron chi connectivity index (χ2n) is 13.2. The molecule has 1 aliphatic carbocycles. The number of pyridine rings is 1. The quantitative estimate of drug-likeness (QED) is 0.187. The lowest BCUT2D eigenvalue weighted by atomic mass is 9.66. The molecule has 1 nitrogen and oxygen atoms in total. The van der Waals surface area contributed by atoms with Crippen molar-refractivity contribution in [2.45, 2.75) is 33.1 Å². The summed E-state index contributed by atoms with van der Waals surface area (Å²) in [6.45, 7) is 9.11. The van der Waals surface area contributed by atoms with Crippen LogP contribution in [0, 0.1) is 13.8 Å². The van der Waals surface area contributed by atoms with Crippen LogP contribution in [-0.2, 0) is 5.41 Å². The highest BCUT2D eigenvalue weighted by atomic mass is 14.7. The van der Waals surface area contributed by atoms with Gasteiger partial charge in [-0.15, -0.1) is 0 Å². The van der Waals surface area contributed by atoms with Gasteiger partial charge < -0.3 is 0 Å². The van der Waals surface area contributed by atoms with Gasteiger partial charge in [0.05, 0.1) is 5.52 Å². The highest BCUT2D eigenvalue weighted by molar-refractivity contribution is 6.25. The number of fused-ring (bicyclic) bond motifs is 6. The SMILES string of the molecule is Cc1cc2c3c(ccc(C)c3n1)C(C)(C)c1cc(-c3c4ccccc4c(-c4ccccc4)c4ccccc34)c3ccccc3c1-2. The minimum absolute atomic E-state index is 0.209. The molecule has 0 N–H and O–H groups in total. The Morgan fingerprint density at radius 2 is 1.00 bits per heavy atom. The first-order valence-corrected chi connectivity index (χ1v) is 15.9. The lowest BCUT2D eigenvalue weighted by molar-refractivity contribution is 0.646. The van der Waals surface area contributed by atoms with E-state index >= 15 is 0 Å². The van der Waals surface area contributed by atoms with Crippen molar-refractivity contribution in [1.29, 1.82) is 0 Å². The predicted molar refractivity (Wildman–Crippen MR) is 192 cm³/mol. The Balaban J connectivity index is 1.48. The van der Waals surface area contributed by atoms with Crippen molar-refractivity contribution in [3.05, 3.63) is 150 Å². The number of aromatic nitrogens is 1. The van der Waals surface area contributed by atoms with E-state index in [1.54, 1.807) is 0 Å². The Bertz CT molecular complexity index is 2460. The van der Waals surface area contributed by atoms with Crippen LogP contribution < -0.4 is 0 Å². The number of hydrogen-bond donors (Lipinski definition) is 0. The minimum Gasteiger partial charge on any atom is -0.253 e. The second-order valence-corrected chi connectivity index (χ2v) is 13.2. The van der Waals surface area contributed by atoms with Gasteiger partial charge in [0.15, 0.2) is 0 Å². The van der Waals surface area contributed by atoms with E-state index in [1.165, 1.54) is 87.8 Å². The molecule has 214 valence electrons. The molecular formula is C44H33N. The van der Waals surface area contributed by atoms with Gasteiger partial charge in [0, 0.05) is 16.5 Å². The largest absolute Gasteiger partial charge is 0.253 e. The molecule has 1 aliphatic rings. The van der Waals surface area contributed by atoms with Crippen molar-refractivity contribution >= 4 is 43.2 Å². The zero-order chi connectivity index (χ0) is 30.4. The first-order valence-electron chi connectivity index (χ1n) is 15.9. The first kappa shape index (κ1) is 26.2. The van der Waals surface area contributed by atoms with Crippen LogP contribution in [0.1, 0.15) is 36.2 Å². The summed E-state index contributed by atoms with van der Waals surface area (Å²) in [6.07, 6.45) is 0. The summed E-state index contributed by atoms with van der Waals surface area (Å²) < 4.78 is 0. The third-order valence-electron chi connectivity index (χ3n) is 10.2. The molecule has 8 aromatic rings. The van der Waals surface area contributed by atoms with Crippen molar-refractivity contribution in [2.75, 3.05) is 0 Å². The molecule has 1 aromatic heterocycles. The minimum atomic E-state index is -0.209. The zero-order valence-electron chi connectivity index (χ0n) is 26.1. The molecule has 0 aliphatic heterocycles. The fourth-order valence-corrected chi connectivity index (χ4v) is 8.16. The van der Waals surface area contributed by atoms with E-state index in [4.69, 9.17) is 4.98 Å². The molecule has 45 heavy (non-hydrogen) atoms. The monoisotopic (exact) mass is 575 g/mol. The Labute approximate surface area is 263 Å². The third-order valence-corrected chi connectivity index (χ3v) is 10.2. The number of aryl methyl sites for hydroxylation is 2. The molecule has 1 heteroatoms. The summed E-state index contributed by atoms with van der Waals surface area (Å²) >= 11 is 0. The van der Waals surface area contributed by atoms with Gasteiger partial charge in [0.2, 0.25) is 0 Å². The average molecular weight is 576 g/mol. The van der Waals surface area contributed by atoms with Crippen LogP contribution in [0.25, 0.3) is 76.6 Å². The van der Waals surface area contributed by atoms with Crippen LogP contribution in [0.5, 0.6) is 0 Å². The third kappa shape index (κ3) is 3.58. The van der Waals surface area contributed by atoms with E-state index in [9.17, 15) is 0 Å². The maximum atomic E-state index is 5.06. The fraction of sp³-hybridized carbons (Fsp3) is 0.114. The molecule has 0 fully saturated rings. The summed E-state index contributed by atoms with van der Waals surface area (Å²) in [5.74, 6) is 0. The van der Waals surface area contributed by atoms with E-state index < -0.39 is 0 Å². The molecule has 0 amide bonds. The predicted octanol–water partition coefficient (Wildman–Crippen LogP) is 12.0. The lowest BCUT2D eigenvalue weighted by Crippen LogP contribution is -2.24. The Hall–Kier alpha value is -5.27. The summed E-state index contributed by atoms with van der Waals surface area (Å²) in [7, 11) is 0. The highest BCUT2D eigenvalue weighted by Gasteiger charge is 2.36. The summed E-state index contributed by atoms with van der Waals surface area (Å²) in [5, 5.41) is 9.03. The van der Waals surface area contributed by atoms with Gasteiger partial charge in [-0.2, -0.15) is 0 Å². The Kier molecular flexibility index (Phi) is 5.44. The number of benzene rings is 7. The Morgan fingerprint density at radius 1 is 0.467 bits per heavy atom. The molecule has 1 heterocycles. The first-order chi connectivity index (χ1) is 21.9. The zero-order valence-corrected chi connectivity index (χ0v) is 26.1. The maximum Gasteiger partial charge on any atom is 0.0743 e. The van der Waals surface area contributed by atoms with Crippen LogP contribution in [0.4, 0.5) is 0 Å². The molecule has 0 spiro atoms. The van der Waals surface area contributed by atoms with Gasteiger partial charge in [-0.05, 0) is 108 Å². The number of rotatable bonds is 2. The standard InChI is InChI=1S/C44H33N/c1-26-22-23-37-42-36(24-27(2)45-43(26)42)41-30-17-9-8-16-29(30)35(25-38(41)44(37,3)4)40-33-20-12-10-18-31(33)39(28-14-6-5-7-15-28)32-19-11-13-21-34(32)40/h5-25H,1-4H3. The molecule has 0 bridgehead atoms. The number of nitrogens with zero attached hydrogens (tertiary/aromatic N) is 1. The molecule has 0 atom stereocenters. The topological polar surface area (TPSA) is 12.9 Å². The summed E-state index contributed by atoms with van der Waals surface area (Å²) in [5.41, 5.74) is 13.7. The van der Waals surface area contributed by atoms with Crippen LogP contribution in [0.3, 0.4) is 0 Å².